The Bertz CT molecular complexity index is 1160. The molecule has 2 aromatic carbocycles. The zero-order valence-corrected chi connectivity index (χ0v) is 18.2. The highest BCUT2D eigenvalue weighted by molar-refractivity contribution is 7.89. The fourth-order valence-electron chi connectivity index (χ4n) is 4.57. The Morgan fingerprint density at radius 1 is 1.00 bits per heavy atom. The smallest absolute Gasteiger partial charge is 0.265 e. The van der Waals surface area contributed by atoms with E-state index in [4.69, 9.17) is 5.73 Å². The number of carbonyl (C=O) groups is 2. The summed E-state index contributed by atoms with van der Waals surface area (Å²) in [5.41, 5.74) is 9.66. The van der Waals surface area contributed by atoms with Gasteiger partial charge >= 0.3 is 0 Å². The van der Waals surface area contributed by atoms with Crippen LogP contribution in [0.3, 0.4) is 0 Å². The molecular formula is C23H25N3O5S. The molecule has 0 radical (unpaired) electrons. The molecule has 2 unspecified atom stereocenters. The lowest BCUT2D eigenvalue weighted by atomic mass is 9.79. The zero-order valence-electron chi connectivity index (χ0n) is 17.4. The maximum atomic E-state index is 13.4. The Balaban J connectivity index is 1.64. The summed E-state index contributed by atoms with van der Waals surface area (Å²) in [6.45, 7) is 0.207. The Hall–Kier alpha value is -3.01. The second-order valence-corrected chi connectivity index (χ2v) is 9.97. The molecule has 0 bridgehead atoms. The number of rotatable bonds is 5. The molecular weight excluding hydrogens is 430 g/mol. The van der Waals surface area contributed by atoms with E-state index < -0.39 is 27.9 Å². The first-order valence-corrected chi connectivity index (χ1v) is 11.9. The molecule has 0 aromatic heterocycles. The zero-order chi connectivity index (χ0) is 22.9. The summed E-state index contributed by atoms with van der Waals surface area (Å²) in [6.07, 6.45) is 5.30. The largest absolute Gasteiger partial charge is 0.366 e. The van der Waals surface area contributed by atoms with Gasteiger partial charge in [-0.25, -0.2) is 13.9 Å². The predicted octanol–water partition coefficient (Wildman–Crippen LogP) is 2.45. The van der Waals surface area contributed by atoms with E-state index in [1.54, 1.807) is 41.9 Å². The number of amides is 2. The molecule has 2 amide bonds. The molecule has 32 heavy (non-hydrogen) atoms. The summed E-state index contributed by atoms with van der Waals surface area (Å²) < 4.78 is 28.1. The van der Waals surface area contributed by atoms with Crippen LogP contribution in [-0.4, -0.2) is 42.3 Å². The minimum absolute atomic E-state index is 0.0700. The first-order valence-electron chi connectivity index (χ1n) is 10.5. The Morgan fingerprint density at radius 3 is 2.22 bits per heavy atom. The number of allylic oxidation sites excluding steroid dienone is 1. The molecule has 4 N–H and O–H groups in total. The van der Waals surface area contributed by atoms with Gasteiger partial charge < -0.3 is 5.73 Å². The number of nitrogens with one attached hydrogen (secondary N) is 1. The lowest BCUT2D eigenvalue weighted by Gasteiger charge is -2.41. The first kappa shape index (κ1) is 22.2. The SMILES string of the molecule is NC(=O)c1ccc(-c2ccc(S(=O)(=O)N3CCC4CCCC=C4C3C(=O)NO)cc2)cc1. The van der Waals surface area contributed by atoms with Crippen molar-refractivity contribution in [3.63, 3.8) is 0 Å². The average molecular weight is 456 g/mol. The molecule has 168 valence electrons. The summed E-state index contributed by atoms with van der Waals surface area (Å²) >= 11 is 0. The van der Waals surface area contributed by atoms with E-state index in [1.165, 1.54) is 16.4 Å². The van der Waals surface area contributed by atoms with Gasteiger partial charge in [-0.3, -0.25) is 14.8 Å². The third kappa shape index (κ3) is 4.06. The standard InChI is InChI=1S/C23H25N3O5S/c24-22(27)18-7-5-15(6-8-18)16-9-11-19(12-10-16)32(30,31)26-14-13-17-3-1-2-4-20(17)21(26)23(28)25-29/h4-12,17,21,29H,1-3,13-14H2,(H2,24,27)(H,25,28). The highest BCUT2D eigenvalue weighted by Crippen LogP contribution is 2.38. The van der Waals surface area contributed by atoms with Gasteiger partial charge in [0, 0.05) is 12.1 Å². The number of piperidine rings is 1. The molecule has 1 heterocycles. The predicted molar refractivity (Wildman–Crippen MR) is 118 cm³/mol. The van der Waals surface area contributed by atoms with Gasteiger partial charge in [-0.2, -0.15) is 4.31 Å². The number of nitrogens with zero attached hydrogens (tertiary/aromatic N) is 1. The third-order valence-electron chi connectivity index (χ3n) is 6.23. The fraction of sp³-hybridized carbons (Fsp3) is 0.304. The highest BCUT2D eigenvalue weighted by Gasteiger charge is 2.44. The van der Waals surface area contributed by atoms with Crippen molar-refractivity contribution < 1.29 is 23.2 Å². The summed E-state index contributed by atoms with van der Waals surface area (Å²) in [6, 6.07) is 12.0. The minimum atomic E-state index is -3.97. The van der Waals surface area contributed by atoms with Crippen LogP contribution in [0.5, 0.6) is 0 Å². The summed E-state index contributed by atoms with van der Waals surface area (Å²) in [4.78, 5) is 23.8. The third-order valence-corrected chi connectivity index (χ3v) is 8.11. The average Bonchev–Trinajstić information content (AvgIpc) is 2.83. The van der Waals surface area contributed by atoms with Crippen molar-refractivity contribution in [2.24, 2.45) is 11.7 Å². The van der Waals surface area contributed by atoms with Gasteiger partial charge in [-0.15, -0.1) is 0 Å². The molecule has 2 atom stereocenters. The molecule has 2 aromatic rings. The van der Waals surface area contributed by atoms with Crippen molar-refractivity contribution in [3.8, 4) is 11.1 Å². The van der Waals surface area contributed by atoms with Crippen molar-refractivity contribution in [3.05, 3.63) is 65.7 Å². The first-order chi connectivity index (χ1) is 15.3. The summed E-state index contributed by atoms with van der Waals surface area (Å²) in [5, 5.41) is 9.27. The van der Waals surface area contributed by atoms with E-state index in [9.17, 15) is 23.2 Å². The van der Waals surface area contributed by atoms with Crippen LogP contribution in [0.25, 0.3) is 11.1 Å². The summed E-state index contributed by atoms with van der Waals surface area (Å²) in [7, 11) is -3.97. The van der Waals surface area contributed by atoms with Crippen LogP contribution in [0.1, 0.15) is 36.0 Å². The van der Waals surface area contributed by atoms with Gasteiger partial charge in [-0.05, 0) is 72.6 Å². The molecule has 4 rings (SSSR count). The van der Waals surface area contributed by atoms with Crippen LogP contribution in [-0.2, 0) is 14.8 Å². The van der Waals surface area contributed by atoms with Gasteiger partial charge in [0.15, 0.2) is 0 Å². The van der Waals surface area contributed by atoms with E-state index in [2.05, 4.69) is 0 Å². The van der Waals surface area contributed by atoms with Crippen LogP contribution >= 0.6 is 0 Å². The van der Waals surface area contributed by atoms with Crippen LogP contribution in [0, 0.1) is 5.92 Å². The quantitative estimate of drug-likeness (QED) is 0.362. The monoisotopic (exact) mass is 455 g/mol. The minimum Gasteiger partial charge on any atom is -0.366 e. The second-order valence-electron chi connectivity index (χ2n) is 8.08. The van der Waals surface area contributed by atoms with Crippen molar-refractivity contribution in [2.75, 3.05) is 6.54 Å². The molecule has 1 aliphatic carbocycles. The Labute approximate surface area is 186 Å². The number of fused-ring (bicyclic) bond motifs is 1. The van der Waals surface area contributed by atoms with Crippen LogP contribution in [0.15, 0.2) is 65.1 Å². The number of hydrogen-bond donors (Lipinski definition) is 3. The van der Waals surface area contributed by atoms with Gasteiger partial charge in [0.1, 0.15) is 6.04 Å². The van der Waals surface area contributed by atoms with E-state index in [-0.39, 0.29) is 17.4 Å². The lowest BCUT2D eigenvalue weighted by Crippen LogP contribution is -2.54. The van der Waals surface area contributed by atoms with Crippen molar-refractivity contribution in [2.45, 2.75) is 36.6 Å². The van der Waals surface area contributed by atoms with E-state index in [0.29, 0.717) is 12.0 Å². The highest BCUT2D eigenvalue weighted by atomic mass is 32.2. The number of hydroxylamine groups is 1. The number of nitrogens with two attached hydrogens (primary N) is 1. The van der Waals surface area contributed by atoms with E-state index in [0.717, 1.165) is 36.0 Å². The van der Waals surface area contributed by atoms with Gasteiger partial charge in [0.25, 0.3) is 5.91 Å². The van der Waals surface area contributed by atoms with E-state index >= 15 is 0 Å². The van der Waals surface area contributed by atoms with Crippen LogP contribution in [0.4, 0.5) is 0 Å². The lowest BCUT2D eigenvalue weighted by molar-refractivity contribution is -0.132. The van der Waals surface area contributed by atoms with Gasteiger partial charge in [-0.1, -0.05) is 30.3 Å². The molecule has 0 saturated carbocycles. The summed E-state index contributed by atoms with van der Waals surface area (Å²) in [5.74, 6) is -1.10. The van der Waals surface area contributed by atoms with Crippen molar-refractivity contribution >= 4 is 21.8 Å². The van der Waals surface area contributed by atoms with Crippen molar-refractivity contribution in [1.82, 2.24) is 9.79 Å². The molecule has 1 fully saturated rings. The molecule has 9 heteroatoms. The Kier molecular flexibility index (Phi) is 6.14. The maximum absolute atomic E-state index is 13.4. The van der Waals surface area contributed by atoms with Crippen molar-refractivity contribution in [1.29, 1.82) is 0 Å². The number of sulfonamides is 1. The normalized spacial score (nSPS) is 21.3. The fourth-order valence-corrected chi connectivity index (χ4v) is 6.17. The Morgan fingerprint density at radius 2 is 1.62 bits per heavy atom. The number of primary amides is 1. The maximum Gasteiger partial charge on any atom is 0.265 e. The number of hydrogen-bond acceptors (Lipinski definition) is 5. The molecule has 1 saturated heterocycles. The second kappa shape index (κ2) is 8.85. The number of benzene rings is 2. The number of carbonyl (C=O) groups excluding carboxylic acids is 2. The van der Waals surface area contributed by atoms with E-state index in [1.807, 2.05) is 6.08 Å². The topological polar surface area (TPSA) is 130 Å². The van der Waals surface area contributed by atoms with Crippen LogP contribution < -0.4 is 11.2 Å². The van der Waals surface area contributed by atoms with Gasteiger partial charge in [0.2, 0.25) is 15.9 Å². The van der Waals surface area contributed by atoms with Crippen LogP contribution in [0.2, 0.25) is 0 Å². The van der Waals surface area contributed by atoms with Gasteiger partial charge in [0.05, 0.1) is 4.90 Å². The molecule has 2 aliphatic rings. The molecule has 8 nitrogen and oxygen atoms in total. The molecule has 1 aliphatic heterocycles. The molecule has 0 spiro atoms.